The summed E-state index contributed by atoms with van der Waals surface area (Å²) < 4.78 is 14.1. The summed E-state index contributed by atoms with van der Waals surface area (Å²) in [7, 11) is 0. The molecule has 1 N–H and O–H groups in total. The highest BCUT2D eigenvalue weighted by atomic mass is 19.1. The fourth-order valence-corrected chi connectivity index (χ4v) is 2.73. The summed E-state index contributed by atoms with van der Waals surface area (Å²) in [5, 5.41) is 2.90. The van der Waals surface area contributed by atoms with Crippen molar-refractivity contribution in [1.82, 2.24) is 10.2 Å². The number of hydrogen-bond acceptors (Lipinski definition) is 2. The summed E-state index contributed by atoms with van der Waals surface area (Å²) in [5.74, 6) is -0.831. The second-order valence-corrected chi connectivity index (χ2v) is 6.77. The topological polar surface area (TPSA) is 49.4 Å². The lowest BCUT2D eigenvalue weighted by Gasteiger charge is -2.30. The molecule has 144 valence electrons. The number of rotatable bonds is 8. The van der Waals surface area contributed by atoms with Gasteiger partial charge in [-0.25, -0.2) is 4.39 Å². The first-order valence-corrected chi connectivity index (χ1v) is 9.29. The van der Waals surface area contributed by atoms with Crippen LogP contribution in [0, 0.1) is 5.82 Å². The van der Waals surface area contributed by atoms with Gasteiger partial charge in [-0.3, -0.25) is 9.59 Å². The molecule has 0 saturated carbocycles. The van der Waals surface area contributed by atoms with E-state index in [0.29, 0.717) is 5.56 Å². The summed E-state index contributed by atoms with van der Waals surface area (Å²) >= 11 is 0. The molecule has 0 saturated heterocycles. The smallest absolute Gasteiger partial charge is 0.242 e. The third-order valence-corrected chi connectivity index (χ3v) is 4.67. The van der Waals surface area contributed by atoms with E-state index in [-0.39, 0.29) is 36.6 Å². The van der Waals surface area contributed by atoms with Crippen molar-refractivity contribution in [2.45, 2.75) is 52.2 Å². The predicted octanol–water partition coefficient (Wildman–Crippen LogP) is 3.70. The Morgan fingerprint density at radius 1 is 1.04 bits per heavy atom. The van der Waals surface area contributed by atoms with E-state index in [2.05, 4.69) is 5.32 Å². The van der Waals surface area contributed by atoms with Crippen LogP contribution < -0.4 is 5.32 Å². The molecule has 0 fully saturated rings. The van der Waals surface area contributed by atoms with Crippen molar-refractivity contribution in [2.24, 2.45) is 0 Å². The van der Waals surface area contributed by atoms with Gasteiger partial charge in [-0.2, -0.15) is 0 Å². The van der Waals surface area contributed by atoms with E-state index in [1.54, 1.807) is 25.1 Å². The minimum absolute atomic E-state index is 0.0134. The van der Waals surface area contributed by atoms with Gasteiger partial charge in [-0.15, -0.1) is 0 Å². The lowest BCUT2D eigenvalue weighted by molar-refractivity contribution is -0.140. The van der Waals surface area contributed by atoms with E-state index in [1.807, 2.05) is 44.2 Å². The maximum atomic E-state index is 14.1. The summed E-state index contributed by atoms with van der Waals surface area (Å²) in [6, 6.07) is 15.0. The molecule has 4 nitrogen and oxygen atoms in total. The lowest BCUT2D eigenvalue weighted by atomic mass is 10.1. The normalized spacial score (nSPS) is 12.9. The zero-order valence-electron chi connectivity index (χ0n) is 16.1. The average molecular weight is 370 g/mol. The number of carbonyl (C=O) groups excluding carboxylic acids is 2. The van der Waals surface area contributed by atoms with Crippen molar-refractivity contribution < 1.29 is 14.0 Å². The van der Waals surface area contributed by atoms with Gasteiger partial charge in [-0.1, -0.05) is 55.5 Å². The van der Waals surface area contributed by atoms with Crippen molar-refractivity contribution in [2.75, 3.05) is 0 Å². The Bertz CT molecular complexity index is 764. The summed E-state index contributed by atoms with van der Waals surface area (Å²) in [6.07, 6.45) is 0.958. The molecule has 2 atom stereocenters. The highest BCUT2D eigenvalue weighted by molar-refractivity contribution is 5.88. The van der Waals surface area contributed by atoms with Crippen molar-refractivity contribution in [3.63, 3.8) is 0 Å². The molecule has 0 radical (unpaired) electrons. The van der Waals surface area contributed by atoms with E-state index in [1.165, 1.54) is 11.0 Å². The van der Waals surface area contributed by atoms with Gasteiger partial charge in [0.25, 0.3) is 0 Å². The van der Waals surface area contributed by atoms with Crippen LogP contribution in [0.25, 0.3) is 0 Å². The molecule has 27 heavy (non-hydrogen) atoms. The Hall–Kier alpha value is -2.69. The summed E-state index contributed by atoms with van der Waals surface area (Å²) in [5.41, 5.74) is 1.25. The van der Waals surface area contributed by atoms with Gasteiger partial charge in [0.15, 0.2) is 0 Å². The zero-order chi connectivity index (χ0) is 19.8. The summed E-state index contributed by atoms with van der Waals surface area (Å²) in [6.45, 7) is 5.62. The van der Waals surface area contributed by atoms with Crippen LogP contribution in [0.15, 0.2) is 54.6 Å². The molecule has 0 aromatic heterocycles. The molecular weight excluding hydrogens is 343 g/mol. The van der Waals surface area contributed by atoms with Crippen LogP contribution in [0.2, 0.25) is 0 Å². The SMILES string of the molecule is CC[C@@H](C)NC(=O)[C@H](C)N(Cc1ccccc1F)C(=O)Cc1ccccc1. The Balaban J connectivity index is 2.22. The van der Waals surface area contributed by atoms with Crippen LogP contribution in [-0.2, 0) is 22.6 Å². The van der Waals surface area contributed by atoms with Crippen LogP contribution >= 0.6 is 0 Å². The fourth-order valence-electron chi connectivity index (χ4n) is 2.73. The van der Waals surface area contributed by atoms with Gasteiger partial charge >= 0.3 is 0 Å². The van der Waals surface area contributed by atoms with E-state index >= 15 is 0 Å². The zero-order valence-corrected chi connectivity index (χ0v) is 16.1. The number of amides is 2. The highest BCUT2D eigenvalue weighted by Crippen LogP contribution is 2.15. The lowest BCUT2D eigenvalue weighted by Crippen LogP contribution is -2.50. The van der Waals surface area contributed by atoms with Crippen LogP contribution in [0.3, 0.4) is 0 Å². The molecule has 0 aliphatic rings. The molecule has 2 aromatic carbocycles. The quantitative estimate of drug-likeness (QED) is 0.770. The first kappa shape index (κ1) is 20.6. The molecule has 2 rings (SSSR count). The number of nitrogens with one attached hydrogen (secondary N) is 1. The third-order valence-electron chi connectivity index (χ3n) is 4.67. The van der Waals surface area contributed by atoms with E-state index in [0.717, 1.165) is 12.0 Å². The van der Waals surface area contributed by atoms with Gasteiger partial charge in [0, 0.05) is 18.2 Å². The number of carbonyl (C=O) groups is 2. The van der Waals surface area contributed by atoms with Gasteiger partial charge < -0.3 is 10.2 Å². The van der Waals surface area contributed by atoms with Crippen molar-refractivity contribution in [3.8, 4) is 0 Å². The Morgan fingerprint density at radius 3 is 2.30 bits per heavy atom. The Morgan fingerprint density at radius 2 is 1.67 bits per heavy atom. The molecular formula is C22H27FN2O2. The second kappa shape index (κ2) is 9.86. The largest absolute Gasteiger partial charge is 0.352 e. The molecule has 0 heterocycles. The maximum absolute atomic E-state index is 14.1. The van der Waals surface area contributed by atoms with Crippen molar-refractivity contribution >= 4 is 11.8 Å². The predicted molar refractivity (Wildman–Crippen MR) is 104 cm³/mol. The van der Waals surface area contributed by atoms with Crippen LogP contribution in [0.1, 0.15) is 38.3 Å². The van der Waals surface area contributed by atoms with Gasteiger partial charge in [0.1, 0.15) is 11.9 Å². The van der Waals surface area contributed by atoms with E-state index in [4.69, 9.17) is 0 Å². The standard InChI is InChI=1S/C22H27FN2O2/c1-4-16(2)24-22(27)17(3)25(15-19-12-8-9-13-20(19)23)21(26)14-18-10-6-5-7-11-18/h5-13,16-17H,4,14-15H2,1-3H3,(H,24,27)/t16-,17+/m1/s1. The Labute approximate surface area is 160 Å². The molecule has 5 heteroatoms. The minimum Gasteiger partial charge on any atom is -0.352 e. The number of hydrogen-bond donors (Lipinski definition) is 1. The molecule has 0 unspecified atom stereocenters. The van der Waals surface area contributed by atoms with E-state index in [9.17, 15) is 14.0 Å². The number of benzene rings is 2. The Kier molecular flexibility index (Phi) is 7.53. The van der Waals surface area contributed by atoms with Crippen LogP contribution in [-0.4, -0.2) is 28.8 Å². The fraction of sp³-hybridized carbons (Fsp3) is 0.364. The monoisotopic (exact) mass is 370 g/mol. The third kappa shape index (κ3) is 5.91. The van der Waals surface area contributed by atoms with Crippen molar-refractivity contribution in [3.05, 3.63) is 71.5 Å². The molecule has 2 aromatic rings. The number of nitrogens with zero attached hydrogens (tertiary/aromatic N) is 1. The maximum Gasteiger partial charge on any atom is 0.242 e. The molecule has 0 spiro atoms. The van der Waals surface area contributed by atoms with Gasteiger partial charge in [0.05, 0.1) is 6.42 Å². The van der Waals surface area contributed by atoms with Gasteiger partial charge in [0.2, 0.25) is 11.8 Å². The van der Waals surface area contributed by atoms with Crippen LogP contribution in [0.4, 0.5) is 4.39 Å². The first-order chi connectivity index (χ1) is 12.9. The second-order valence-electron chi connectivity index (χ2n) is 6.77. The molecule has 2 amide bonds. The van der Waals surface area contributed by atoms with E-state index < -0.39 is 6.04 Å². The average Bonchev–Trinajstić information content (AvgIpc) is 2.67. The summed E-state index contributed by atoms with van der Waals surface area (Å²) in [4.78, 5) is 27.0. The highest BCUT2D eigenvalue weighted by Gasteiger charge is 2.27. The molecule has 0 aliphatic carbocycles. The first-order valence-electron chi connectivity index (χ1n) is 9.29. The van der Waals surface area contributed by atoms with Crippen molar-refractivity contribution in [1.29, 1.82) is 0 Å². The molecule has 0 aliphatic heterocycles. The van der Waals surface area contributed by atoms with Crippen LogP contribution in [0.5, 0.6) is 0 Å². The molecule has 0 bridgehead atoms. The van der Waals surface area contributed by atoms with Gasteiger partial charge in [-0.05, 0) is 31.9 Å². The minimum atomic E-state index is -0.699. The number of halogens is 1.